The molecular formula is C15H11ClF3N3O3. The minimum Gasteiger partial charge on any atom is -0.457 e. The van der Waals surface area contributed by atoms with Crippen molar-refractivity contribution in [3.63, 3.8) is 0 Å². The quantitative estimate of drug-likeness (QED) is 0.272. The van der Waals surface area contributed by atoms with Gasteiger partial charge < -0.3 is 10.5 Å². The van der Waals surface area contributed by atoms with E-state index in [0.29, 0.717) is 0 Å². The molecule has 0 heterocycles. The molecule has 2 aromatic carbocycles. The first-order valence-corrected chi connectivity index (χ1v) is 7.26. The number of nitrogens with zero attached hydrogens (tertiary/aromatic N) is 2. The molecule has 132 valence electrons. The maximum absolute atomic E-state index is 12.7. The third kappa shape index (κ3) is 5.08. The summed E-state index contributed by atoms with van der Waals surface area (Å²) >= 11 is 5.51. The highest BCUT2D eigenvalue weighted by atomic mass is 35.5. The molecule has 0 aliphatic carbocycles. The Morgan fingerprint density at radius 1 is 1.24 bits per heavy atom. The number of halogens is 4. The first-order valence-electron chi connectivity index (χ1n) is 6.72. The van der Waals surface area contributed by atoms with Crippen LogP contribution in [-0.4, -0.2) is 16.6 Å². The number of non-ortho nitro benzene ring substituents is 1. The number of nitrogens with two attached hydrogens (primary N) is 1. The third-order valence-corrected chi connectivity index (χ3v) is 3.17. The minimum atomic E-state index is -4.54. The molecule has 0 aliphatic heterocycles. The molecule has 0 saturated carbocycles. The van der Waals surface area contributed by atoms with Gasteiger partial charge in [0.15, 0.2) is 0 Å². The van der Waals surface area contributed by atoms with Crippen molar-refractivity contribution in [3.05, 3.63) is 58.1 Å². The number of ether oxygens (including phenoxy) is 1. The topological polar surface area (TPSA) is 90.8 Å². The van der Waals surface area contributed by atoms with Gasteiger partial charge >= 0.3 is 6.18 Å². The lowest BCUT2D eigenvalue weighted by Gasteiger charge is -2.10. The van der Waals surface area contributed by atoms with E-state index in [1.54, 1.807) is 0 Å². The SMILES string of the molecule is NC(CCl)=Nc1cc(Oc2cccc(C(F)(F)F)c2)cc([N+](=O)[O-])c1. The Hall–Kier alpha value is -2.81. The minimum absolute atomic E-state index is 0.0205. The standard InChI is InChI=1S/C15H11ClF3N3O3/c16-8-14(20)21-10-5-11(22(23)24)7-13(6-10)25-12-3-1-2-9(4-12)15(17,18)19/h1-7H,8H2,(H2,20,21). The Labute approximate surface area is 144 Å². The Bertz CT molecular complexity index is 825. The summed E-state index contributed by atoms with van der Waals surface area (Å²) in [5, 5.41) is 11.0. The van der Waals surface area contributed by atoms with Crippen molar-refractivity contribution in [2.45, 2.75) is 6.18 Å². The zero-order chi connectivity index (χ0) is 18.6. The molecule has 2 rings (SSSR count). The summed E-state index contributed by atoms with van der Waals surface area (Å²) in [6.45, 7) is 0. The summed E-state index contributed by atoms with van der Waals surface area (Å²) in [6.07, 6.45) is -4.54. The molecule has 0 radical (unpaired) electrons. The van der Waals surface area contributed by atoms with Crippen molar-refractivity contribution in [2.24, 2.45) is 10.7 Å². The number of hydrogen-bond acceptors (Lipinski definition) is 4. The maximum Gasteiger partial charge on any atom is 0.416 e. The molecule has 0 spiro atoms. The predicted molar refractivity (Wildman–Crippen MR) is 86.6 cm³/mol. The molecule has 0 amide bonds. The van der Waals surface area contributed by atoms with E-state index >= 15 is 0 Å². The molecule has 0 atom stereocenters. The van der Waals surface area contributed by atoms with E-state index in [1.807, 2.05) is 0 Å². The molecule has 0 unspecified atom stereocenters. The van der Waals surface area contributed by atoms with Crippen LogP contribution >= 0.6 is 11.6 Å². The van der Waals surface area contributed by atoms with Crippen LogP contribution in [0.3, 0.4) is 0 Å². The molecule has 10 heteroatoms. The van der Waals surface area contributed by atoms with Gasteiger partial charge in [-0.3, -0.25) is 10.1 Å². The largest absolute Gasteiger partial charge is 0.457 e. The fourth-order valence-corrected chi connectivity index (χ4v) is 1.92. The van der Waals surface area contributed by atoms with Crippen LogP contribution in [0, 0.1) is 10.1 Å². The zero-order valence-electron chi connectivity index (χ0n) is 12.5. The van der Waals surface area contributed by atoms with Crippen LogP contribution in [0.1, 0.15) is 5.56 Å². The molecular weight excluding hydrogens is 363 g/mol. The van der Waals surface area contributed by atoms with E-state index in [1.165, 1.54) is 18.2 Å². The second-order valence-corrected chi connectivity index (χ2v) is 5.07. The van der Waals surface area contributed by atoms with E-state index in [9.17, 15) is 23.3 Å². The van der Waals surface area contributed by atoms with Crippen molar-refractivity contribution in [1.29, 1.82) is 0 Å². The molecule has 0 saturated heterocycles. The second-order valence-electron chi connectivity index (χ2n) is 4.81. The number of amidine groups is 1. The summed E-state index contributed by atoms with van der Waals surface area (Å²) in [7, 11) is 0. The Kier molecular flexibility index (Phi) is 5.48. The molecule has 0 bridgehead atoms. The number of alkyl halides is 4. The lowest BCUT2D eigenvalue weighted by Crippen LogP contribution is -2.12. The van der Waals surface area contributed by atoms with Crippen LogP contribution < -0.4 is 10.5 Å². The number of nitro groups is 1. The van der Waals surface area contributed by atoms with Gasteiger partial charge in [0.1, 0.15) is 17.3 Å². The van der Waals surface area contributed by atoms with E-state index in [-0.39, 0.29) is 34.6 Å². The van der Waals surface area contributed by atoms with Crippen molar-refractivity contribution in [2.75, 3.05) is 5.88 Å². The number of nitro benzene ring substituents is 1. The zero-order valence-corrected chi connectivity index (χ0v) is 13.2. The normalized spacial score (nSPS) is 12.1. The van der Waals surface area contributed by atoms with E-state index in [0.717, 1.165) is 24.3 Å². The summed E-state index contributed by atoms with van der Waals surface area (Å²) < 4.78 is 43.5. The summed E-state index contributed by atoms with van der Waals surface area (Å²) in [4.78, 5) is 14.2. The highest BCUT2D eigenvalue weighted by Crippen LogP contribution is 2.34. The Morgan fingerprint density at radius 3 is 2.56 bits per heavy atom. The highest BCUT2D eigenvalue weighted by Gasteiger charge is 2.30. The number of rotatable bonds is 5. The third-order valence-electron chi connectivity index (χ3n) is 2.89. The van der Waals surface area contributed by atoms with E-state index in [2.05, 4.69) is 4.99 Å². The lowest BCUT2D eigenvalue weighted by molar-refractivity contribution is -0.384. The van der Waals surface area contributed by atoms with Crippen LogP contribution in [-0.2, 0) is 6.18 Å². The van der Waals surface area contributed by atoms with E-state index in [4.69, 9.17) is 22.1 Å². The number of benzene rings is 2. The van der Waals surface area contributed by atoms with Crippen LogP contribution in [0.15, 0.2) is 47.5 Å². The van der Waals surface area contributed by atoms with Gasteiger partial charge in [-0.1, -0.05) is 6.07 Å². The van der Waals surface area contributed by atoms with Gasteiger partial charge in [-0.05, 0) is 18.2 Å². The van der Waals surface area contributed by atoms with Crippen LogP contribution in [0.4, 0.5) is 24.5 Å². The second kappa shape index (κ2) is 7.39. The van der Waals surface area contributed by atoms with Crippen molar-refractivity contribution in [3.8, 4) is 11.5 Å². The van der Waals surface area contributed by atoms with E-state index < -0.39 is 16.7 Å². The van der Waals surface area contributed by atoms with Gasteiger partial charge in [0, 0.05) is 12.1 Å². The first kappa shape index (κ1) is 18.5. The molecule has 0 aliphatic rings. The van der Waals surface area contributed by atoms with Gasteiger partial charge in [0.25, 0.3) is 5.69 Å². The van der Waals surface area contributed by atoms with Crippen molar-refractivity contribution in [1.82, 2.24) is 0 Å². The Morgan fingerprint density at radius 2 is 1.96 bits per heavy atom. The fraction of sp³-hybridized carbons (Fsp3) is 0.133. The highest BCUT2D eigenvalue weighted by molar-refractivity contribution is 6.28. The summed E-state index contributed by atoms with van der Waals surface area (Å²) in [5.74, 6) is -0.260. The Balaban J connectivity index is 2.40. The molecule has 6 nitrogen and oxygen atoms in total. The monoisotopic (exact) mass is 373 g/mol. The van der Waals surface area contributed by atoms with Crippen LogP contribution in [0.2, 0.25) is 0 Å². The lowest BCUT2D eigenvalue weighted by atomic mass is 10.2. The molecule has 2 N–H and O–H groups in total. The predicted octanol–water partition coefficient (Wildman–Crippen LogP) is 4.63. The van der Waals surface area contributed by atoms with Gasteiger partial charge in [0.2, 0.25) is 0 Å². The molecule has 25 heavy (non-hydrogen) atoms. The smallest absolute Gasteiger partial charge is 0.416 e. The maximum atomic E-state index is 12.7. The summed E-state index contributed by atoms with van der Waals surface area (Å²) in [5.41, 5.74) is 4.32. The molecule has 0 aromatic heterocycles. The summed E-state index contributed by atoms with van der Waals surface area (Å²) in [6, 6.07) is 7.64. The first-order chi connectivity index (χ1) is 11.7. The van der Waals surface area contributed by atoms with Gasteiger partial charge in [-0.2, -0.15) is 13.2 Å². The van der Waals surface area contributed by atoms with Gasteiger partial charge in [0.05, 0.1) is 28.1 Å². The average Bonchev–Trinajstić information content (AvgIpc) is 2.54. The van der Waals surface area contributed by atoms with Crippen LogP contribution in [0.25, 0.3) is 0 Å². The fourth-order valence-electron chi connectivity index (χ4n) is 1.86. The molecule has 0 fully saturated rings. The van der Waals surface area contributed by atoms with Crippen molar-refractivity contribution >= 4 is 28.8 Å². The van der Waals surface area contributed by atoms with Gasteiger partial charge in [-0.25, -0.2) is 4.99 Å². The van der Waals surface area contributed by atoms with Crippen molar-refractivity contribution < 1.29 is 22.8 Å². The number of aliphatic imine (C=N–C) groups is 1. The average molecular weight is 374 g/mol. The molecule has 2 aromatic rings. The number of hydrogen-bond donors (Lipinski definition) is 1. The van der Waals surface area contributed by atoms with Gasteiger partial charge in [-0.15, -0.1) is 11.6 Å². The van der Waals surface area contributed by atoms with Crippen LogP contribution in [0.5, 0.6) is 11.5 Å².